The van der Waals surface area contributed by atoms with Gasteiger partial charge in [-0.1, -0.05) is 77.3 Å². The van der Waals surface area contributed by atoms with Gasteiger partial charge in [-0.2, -0.15) is 0 Å². The number of anilines is 1. The highest BCUT2D eigenvalue weighted by Crippen LogP contribution is 2.37. The van der Waals surface area contributed by atoms with E-state index in [0.717, 1.165) is 22.6 Å². The highest BCUT2D eigenvalue weighted by Gasteiger charge is 2.32. The van der Waals surface area contributed by atoms with Gasteiger partial charge < -0.3 is 14.5 Å². The zero-order chi connectivity index (χ0) is 25.8. The van der Waals surface area contributed by atoms with E-state index in [1.165, 1.54) is 0 Å². The van der Waals surface area contributed by atoms with E-state index in [4.69, 9.17) is 39.5 Å². The third-order valence-corrected chi connectivity index (χ3v) is 7.23. The fourth-order valence-corrected chi connectivity index (χ4v) is 5.26. The van der Waals surface area contributed by atoms with Crippen LogP contribution in [0.5, 0.6) is 11.5 Å². The van der Waals surface area contributed by atoms with Crippen LogP contribution in [0.1, 0.15) is 17.2 Å². The van der Waals surface area contributed by atoms with Gasteiger partial charge in [-0.15, -0.1) is 0 Å². The molecule has 1 fully saturated rings. The Labute approximate surface area is 231 Å². The zero-order valence-electron chi connectivity index (χ0n) is 20.0. The molecular weight excluding hydrogens is 527 g/mol. The second-order valence-corrected chi connectivity index (χ2v) is 10.2. The van der Waals surface area contributed by atoms with Crippen molar-refractivity contribution in [3.8, 4) is 11.5 Å². The maximum absolute atomic E-state index is 13.4. The van der Waals surface area contributed by atoms with E-state index in [1.54, 1.807) is 6.07 Å². The van der Waals surface area contributed by atoms with Crippen molar-refractivity contribution in [2.45, 2.75) is 12.5 Å². The van der Waals surface area contributed by atoms with E-state index in [0.29, 0.717) is 46.9 Å². The summed E-state index contributed by atoms with van der Waals surface area (Å²) in [5.74, 6) is 1.53. The number of hydrogen-bond donors (Lipinski definition) is 0. The minimum atomic E-state index is -0.0820. The molecule has 1 saturated heterocycles. The molecule has 4 nitrogen and oxygen atoms in total. The van der Waals surface area contributed by atoms with Crippen molar-refractivity contribution in [2.75, 3.05) is 24.5 Å². The topological polar surface area (TPSA) is 32.8 Å². The molecule has 188 valence electrons. The summed E-state index contributed by atoms with van der Waals surface area (Å²) < 4.78 is 5.95. The van der Waals surface area contributed by atoms with Gasteiger partial charge >= 0.3 is 0 Å². The van der Waals surface area contributed by atoms with E-state index in [1.807, 2.05) is 95.9 Å². The summed E-state index contributed by atoms with van der Waals surface area (Å²) >= 11 is 18.9. The number of ether oxygens (including phenoxy) is 1. The normalized spacial score (nSPS) is 15.5. The van der Waals surface area contributed by atoms with Crippen LogP contribution in [0.15, 0.2) is 97.1 Å². The van der Waals surface area contributed by atoms with Crippen molar-refractivity contribution in [3.05, 3.63) is 123 Å². The van der Waals surface area contributed by atoms with Crippen molar-refractivity contribution in [3.63, 3.8) is 0 Å². The number of carbonyl (C=O) groups excluding carboxylic acids is 1. The molecule has 4 aromatic rings. The van der Waals surface area contributed by atoms with E-state index >= 15 is 0 Å². The fourth-order valence-electron chi connectivity index (χ4n) is 4.61. The molecule has 0 spiro atoms. The molecule has 0 aliphatic carbocycles. The van der Waals surface area contributed by atoms with Gasteiger partial charge in [0.2, 0.25) is 5.91 Å². The Hall–Kier alpha value is -3.18. The van der Waals surface area contributed by atoms with Crippen molar-refractivity contribution in [1.29, 1.82) is 0 Å². The molecule has 1 unspecified atom stereocenters. The highest BCUT2D eigenvalue weighted by molar-refractivity contribution is 6.36. The van der Waals surface area contributed by atoms with E-state index in [2.05, 4.69) is 4.90 Å². The van der Waals surface area contributed by atoms with Crippen LogP contribution in [0.25, 0.3) is 0 Å². The van der Waals surface area contributed by atoms with Crippen LogP contribution in [0.2, 0.25) is 15.1 Å². The van der Waals surface area contributed by atoms with E-state index in [9.17, 15) is 4.79 Å². The van der Waals surface area contributed by atoms with Gasteiger partial charge in [-0.25, -0.2) is 0 Å². The Morgan fingerprint density at radius 1 is 0.784 bits per heavy atom. The quantitative estimate of drug-likeness (QED) is 0.243. The SMILES string of the molecule is O=C(Cc1cccc(Oc2ccccc2)c1)N1CCN(c2ccc(Cl)cc2Cl)C(c2ccc(Cl)cc2)C1. The lowest BCUT2D eigenvalue weighted by atomic mass is 10.0. The molecule has 1 aliphatic heterocycles. The number of halogens is 3. The van der Waals surface area contributed by atoms with Crippen LogP contribution in [0.3, 0.4) is 0 Å². The molecule has 0 radical (unpaired) electrons. The largest absolute Gasteiger partial charge is 0.457 e. The molecule has 1 amide bonds. The molecule has 1 aliphatic rings. The van der Waals surface area contributed by atoms with Crippen molar-refractivity contribution >= 4 is 46.4 Å². The second-order valence-electron chi connectivity index (χ2n) is 8.94. The number of nitrogens with zero attached hydrogens (tertiary/aromatic N) is 2. The highest BCUT2D eigenvalue weighted by atomic mass is 35.5. The Kier molecular flexibility index (Phi) is 7.90. The van der Waals surface area contributed by atoms with Gasteiger partial charge in [0, 0.05) is 29.7 Å². The Morgan fingerprint density at radius 3 is 2.27 bits per heavy atom. The Morgan fingerprint density at radius 2 is 1.51 bits per heavy atom. The number of hydrogen-bond acceptors (Lipinski definition) is 3. The van der Waals surface area contributed by atoms with Gasteiger partial charge in [0.25, 0.3) is 0 Å². The zero-order valence-corrected chi connectivity index (χ0v) is 22.3. The van der Waals surface area contributed by atoms with Crippen LogP contribution in [-0.4, -0.2) is 30.4 Å². The number of benzene rings is 4. The molecule has 0 bridgehead atoms. The molecule has 1 heterocycles. The number of amides is 1. The lowest BCUT2D eigenvalue weighted by molar-refractivity contribution is -0.131. The van der Waals surface area contributed by atoms with Crippen LogP contribution in [0.4, 0.5) is 5.69 Å². The molecule has 0 N–H and O–H groups in total. The third kappa shape index (κ3) is 6.22. The monoisotopic (exact) mass is 550 g/mol. The predicted molar refractivity (Wildman–Crippen MR) is 151 cm³/mol. The van der Waals surface area contributed by atoms with Gasteiger partial charge in [-0.05, 0) is 65.7 Å². The Bertz CT molecular complexity index is 1380. The second kappa shape index (κ2) is 11.5. The minimum Gasteiger partial charge on any atom is -0.457 e. The van der Waals surface area contributed by atoms with Crippen LogP contribution < -0.4 is 9.64 Å². The molecule has 1 atom stereocenters. The molecule has 0 saturated carbocycles. The maximum Gasteiger partial charge on any atom is 0.227 e. The first-order valence-corrected chi connectivity index (χ1v) is 13.2. The third-order valence-electron chi connectivity index (χ3n) is 6.44. The standard InChI is InChI=1S/C30H25Cl3N2O2/c31-23-11-9-22(10-12-23)29-20-34(15-16-35(29)28-14-13-24(32)19-27(28)33)30(36)18-21-5-4-8-26(17-21)37-25-6-2-1-3-7-25/h1-14,17,19,29H,15-16,18,20H2. The summed E-state index contributed by atoms with van der Waals surface area (Å²) in [4.78, 5) is 17.6. The molecule has 7 heteroatoms. The van der Waals surface area contributed by atoms with E-state index in [-0.39, 0.29) is 11.9 Å². The number of para-hydroxylation sites is 1. The van der Waals surface area contributed by atoms with Gasteiger partial charge in [0.15, 0.2) is 0 Å². The van der Waals surface area contributed by atoms with Crippen molar-refractivity contribution < 1.29 is 9.53 Å². The van der Waals surface area contributed by atoms with Crippen molar-refractivity contribution in [1.82, 2.24) is 4.90 Å². The van der Waals surface area contributed by atoms with E-state index < -0.39 is 0 Å². The average molecular weight is 552 g/mol. The summed E-state index contributed by atoms with van der Waals surface area (Å²) in [6.07, 6.45) is 0.293. The molecule has 0 aromatic heterocycles. The first kappa shape index (κ1) is 25.5. The van der Waals surface area contributed by atoms with Gasteiger partial charge in [-0.3, -0.25) is 4.79 Å². The van der Waals surface area contributed by atoms with Crippen LogP contribution in [-0.2, 0) is 11.2 Å². The van der Waals surface area contributed by atoms with Crippen molar-refractivity contribution in [2.24, 2.45) is 0 Å². The number of carbonyl (C=O) groups is 1. The minimum absolute atomic E-state index is 0.0673. The Balaban J connectivity index is 1.34. The lowest BCUT2D eigenvalue weighted by Crippen LogP contribution is -2.51. The molecule has 4 aromatic carbocycles. The maximum atomic E-state index is 13.4. The predicted octanol–water partition coefficient (Wildman–Crippen LogP) is 8.07. The average Bonchev–Trinajstić information content (AvgIpc) is 2.90. The summed E-state index contributed by atoms with van der Waals surface area (Å²) in [6.45, 7) is 1.75. The van der Waals surface area contributed by atoms with Crippen LogP contribution >= 0.6 is 34.8 Å². The van der Waals surface area contributed by atoms with Crippen LogP contribution in [0, 0.1) is 0 Å². The summed E-state index contributed by atoms with van der Waals surface area (Å²) in [7, 11) is 0. The fraction of sp³-hybridized carbons (Fsp3) is 0.167. The molecule has 5 rings (SSSR count). The summed E-state index contributed by atoms with van der Waals surface area (Å²) in [6, 6.07) is 30.5. The summed E-state index contributed by atoms with van der Waals surface area (Å²) in [5, 5.41) is 1.84. The number of piperazine rings is 1. The molecular formula is C30H25Cl3N2O2. The smallest absolute Gasteiger partial charge is 0.227 e. The number of rotatable bonds is 6. The molecule has 37 heavy (non-hydrogen) atoms. The summed E-state index contributed by atoms with van der Waals surface area (Å²) in [5.41, 5.74) is 2.86. The first-order chi connectivity index (χ1) is 18.0. The van der Waals surface area contributed by atoms with Gasteiger partial charge in [0.1, 0.15) is 11.5 Å². The first-order valence-electron chi connectivity index (χ1n) is 12.0. The lowest BCUT2D eigenvalue weighted by Gasteiger charge is -2.43. The van der Waals surface area contributed by atoms with Gasteiger partial charge in [0.05, 0.1) is 23.2 Å².